The topological polar surface area (TPSA) is 84.1 Å². The number of aryl methyl sites for hydroxylation is 1. The Balaban J connectivity index is 2.35. The highest BCUT2D eigenvalue weighted by Crippen LogP contribution is 2.26. The Kier molecular flexibility index (Phi) is 5.33. The number of fused-ring (bicyclic) bond motifs is 1. The summed E-state index contributed by atoms with van der Waals surface area (Å²) in [6, 6.07) is 6.15. The van der Waals surface area contributed by atoms with Crippen molar-refractivity contribution in [1.29, 1.82) is 0 Å². The van der Waals surface area contributed by atoms with E-state index in [1.807, 2.05) is 25.1 Å². The average Bonchev–Trinajstić information content (AvgIpc) is 2.44. The van der Waals surface area contributed by atoms with Crippen molar-refractivity contribution < 1.29 is 5.11 Å². The Hall–Kier alpha value is -1.88. The molecule has 0 unspecified atom stereocenters. The van der Waals surface area contributed by atoms with E-state index >= 15 is 0 Å². The van der Waals surface area contributed by atoms with Crippen molar-refractivity contribution in [3.63, 3.8) is 0 Å². The number of nitrogens with one attached hydrogen (secondary N) is 1. The van der Waals surface area contributed by atoms with Gasteiger partial charge in [0.1, 0.15) is 5.82 Å². The van der Waals surface area contributed by atoms with Crippen LogP contribution in [-0.2, 0) is 0 Å². The zero-order valence-electron chi connectivity index (χ0n) is 12.8. The van der Waals surface area contributed by atoms with Gasteiger partial charge in [0, 0.05) is 18.0 Å². The van der Waals surface area contributed by atoms with E-state index in [4.69, 9.17) is 5.73 Å². The predicted octanol–water partition coefficient (Wildman–Crippen LogP) is 2.87. The maximum absolute atomic E-state index is 9.24. The molecule has 4 N–H and O–H groups in total. The fourth-order valence-corrected chi connectivity index (χ4v) is 2.57. The number of hydrogen-bond donors (Lipinski definition) is 3. The van der Waals surface area contributed by atoms with Gasteiger partial charge in [-0.2, -0.15) is 4.98 Å². The molecule has 0 spiro atoms. The molecule has 1 aromatic carbocycles. The fourth-order valence-electron chi connectivity index (χ4n) is 2.57. The number of aliphatic hydroxyl groups excluding tert-OH is 1. The third-order valence-corrected chi connectivity index (χ3v) is 3.67. The number of aliphatic hydroxyl groups is 1. The molecule has 21 heavy (non-hydrogen) atoms. The van der Waals surface area contributed by atoms with Crippen LogP contribution in [-0.4, -0.2) is 27.7 Å². The molecule has 5 heteroatoms. The van der Waals surface area contributed by atoms with Crippen LogP contribution in [0.5, 0.6) is 0 Å². The first-order chi connectivity index (χ1) is 10.2. The van der Waals surface area contributed by atoms with Crippen LogP contribution in [0.1, 0.15) is 38.2 Å². The third-order valence-electron chi connectivity index (χ3n) is 3.67. The van der Waals surface area contributed by atoms with Gasteiger partial charge in [0.15, 0.2) is 0 Å². The molecule has 0 bridgehead atoms. The first-order valence-electron chi connectivity index (χ1n) is 7.56. The van der Waals surface area contributed by atoms with Crippen molar-refractivity contribution in [1.82, 2.24) is 9.97 Å². The number of nitrogen functional groups attached to an aromatic ring is 1. The molecule has 2 aromatic rings. The highest BCUT2D eigenvalue weighted by molar-refractivity contribution is 5.92. The maximum Gasteiger partial charge on any atom is 0.222 e. The van der Waals surface area contributed by atoms with Crippen LogP contribution in [0.2, 0.25) is 0 Å². The van der Waals surface area contributed by atoms with Crippen molar-refractivity contribution in [2.75, 3.05) is 17.7 Å². The SMILES string of the molecule is CCCC[C@H](CCO)Nc1nc(N)nc2cccc(C)c12. The van der Waals surface area contributed by atoms with Crippen molar-refractivity contribution in [3.8, 4) is 0 Å². The lowest BCUT2D eigenvalue weighted by molar-refractivity contribution is 0.276. The summed E-state index contributed by atoms with van der Waals surface area (Å²) in [4.78, 5) is 8.66. The summed E-state index contributed by atoms with van der Waals surface area (Å²) in [5, 5.41) is 13.7. The Bertz CT molecular complexity index is 600. The Morgan fingerprint density at radius 2 is 2.10 bits per heavy atom. The highest BCUT2D eigenvalue weighted by atomic mass is 16.3. The average molecular weight is 288 g/mol. The maximum atomic E-state index is 9.24. The lowest BCUT2D eigenvalue weighted by atomic mass is 10.1. The second-order valence-electron chi connectivity index (χ2n) is 5.40. The lowest BCUT2D eigenvalue weighted by Crippen LogP contribution is -2.22. The fraction of sp³-hybridized carbons (Fsp3) is 0.500. The predicted molar refractivity (Wildman–Crippen MR) is 87.3 cm³/mol. The van der Waals surface area contributed by atoms with Gasteiger partial charge in [-0.05, 0) is 31.4 Å². The molecule has 0 saturated carbocycles. The van der Waals surface area contributed by atoms with Crippen LogP contribution >= 0.6 is 0 Å². The van der Waals surface area contributed by atoms with Gasteiger partial charge in [-0.25, -0.2) is 4.98 Å². The van der Waals surface area contributed by atoms with Crippen molar-refractivity contribution in [3.05, 3.63) is 23.8 Å². The Morgan fingerprint density at radius 1 is 1.29 bits per heavy atom. The minimum atomic E-state index is 0.166. The van der Waals surface area contributed by atoms with Crippen LogP contribution in [0.15, 0.2) is 18.2 Å². The van der Waals surface area contributed by atoms with Gasteiger partial charge in [0.2, 0.25) is 5.95 Å². The number of hydrogen-bond acceptors (Lipinski definition) is 5. The van der Waals surface area contributed by atoms with E-state index in [0.29, 0.717) is 6.42 Å². The standard InChI is InChI=1S/C16H24N4O/c1-3-4-7-12(9-10-21)18-15-14-11(2)6-5-8-13(14)19-16(17)20-15/h5-6,8,12,21H,3-4,7,9-10H2,1-2H3,(H3,17,18,19,20)/t12-/m1/s1. The first kappa shape index (κ1) is 15.5. The van der Waals surface area contributed by atoms with Gasteiger partial charge in [-0.1, -0.05) is 31.9 Å². The van der Waals surface area contributed by atoms with Crippen LogP contribution in [0.3, 0.4) is 0 Å². The quantitative estimate of drug-likeness (QED) is 0.729. The van der Waals surface area contributed by atoms with Gasteiger partial charge < -0.3 is 16.2 Å². The summed E-state index contributed by atoms with van der Waals surface area (Å²) in [6.07, 6.45) is 3.97. The number of nitrogens with two attached hydrogens (primary N) is 1. The van der Waals surface area contributed by atoms with Gasteiger partial charge >= 0.3 is 0 Å². The van der Waals surface area contributed by atoms with E-state index in [1.165, 1.54) is 0 Å². The number of nitrogens with zero attached hydrogens (tertiary/aromatic N) is 2. The summed E-state index contributed by atoms with van der Waals surface area (Å²) >= 11 is 0. The van der Waals surface area contributed by atoms with Crippen molar-refractivity contribution in [2.45, 2.75) is 45.6 Å². The molecule has 0 radical (unpaired) electrons. The lowest BCUT2D eigenvalue weighted by Gasteiger charge is -2.20. The van der Waals surface area contributed by atoms with Crippen molar-refractivity contribution in [2.24, 2.45) is 0 Å². The number of benzene rings is 1. The molecule has 0 amide bonds. The molecule has 0 saturated heterocycles. The first-order valence-corrected chi connectivity index (χ1v) is 7.56. The zero-order chi connectivity index (χ0) is 15.2. The monoisotopic (exact) mass is 288 g/mol. The second-order valence-corrected chi connectivity index (χ2v) is 5.40. The molecule has 0 fully saturated rings. The number of unbranched alkanes of at least 4 members (excludes halogenated alkanes) is 1. The minimum absolute atomic E-state index is 0.166. The number of anilines is 2. The van der Waals surface area contributed by atoms with Crippen LogP contribution in [0, 0.1) is 6.92 Å². The van der Waals surface area contributed by atoms with Gasteiger partial charge in [0.25, 0.3) is 0 Å². The molecule has 0 aliphatic rings. The Labute approximate surface area is 125 Å². The summed E-state index contributed by atoms with van der Waals surface area (Å²) in [7, 11) is 0. The largest absolute Gasteiger partial charge is 0.396 e. The number of aromatic nitrogens is 2. The molecular formula is C16H24N4O. The summed E-state index contributed by atoms with van der Waals surface area (Å²) in [6.45, 7) is 4.37. The molecule has 0 aliphatic carbocycles. The van der Waals surface area contributed by atoms with Gasteiger partial charge in [-0.15, -0.1) is 0 Å². The molecule has 1 atom stereocenters. The smallest absolute Gasteiger partial charge is 0.222 e. The summed E-state index contributed by atoms with van der Waals surface area (Å²) in [5.74, 6) is 1.04. The highest BCUT2D eigenvalue weighted by Gasteiger charge is 2.13. The minimum Gasteiger partial charge on any atom is -0.396 e. The van der Waals surface area contributed by atoms with Gasteiger partial charge in [-0.3, -0.25) is 0 Å². The van der Waals surface area contributed by atoms with E-state index < -0.39 is 0 Å². The van der Waals surface area contributed by atoms with E-state index in [1.54, 1.807) is 0 Å². The Morgan fingerprint density at radius 3 is 2.81 bits per heavy atom. The molecule has 0 aliphatic heterocycles. The molecule has 5 nitrogen and oxygen atoms in total. The van der Waals surface area contributed by atoms with E-state index in [2.05, 4.69) is 22.2 Å². The van der Waals surface area contributed by atoms with E-state index in [9.17, 15) is 5.11 Å². The van der Waals surface area contributed by atoms with E-state index in [-0.39, 0.29) is 18.6 Å². The molecule has 1 aromatic heterocycles. The zero-order valence-corrected chi connectivity index (χ0v) is 12.8. The molecule has 114 valence electrons. The molecular weight excluding hydrogens is 264 g/mol. The number of rotatable bonds is 7. The normalized spacial score (nSPS) is 12.5. The summed E-state index contributed by atoms with van der Waals surface area (Å²) in [5.41, 5.74) is 7.78. The summed E-state index contributed by atoms with van der Waals surface area (Å²) < 4.78 is 0. The van der Waals surface area contributed by atoms with Gasteiger partial charge in [0.05, 0.1) is 5.52 Å². The second kappa shape index (κ2) is 7.22. The molecule has 2 rings (SSSR count). The van der Waals surface area contributed by atoms with Crippen LogP contribution in [0.4, 0.5) is 11.8 Å². The van der Waals surface area contributed by atoms with Crippen LogP contribution in [0.25, 0.3) is 10.9 Å². The van der Waals surface area contributed by atoms with Crippen LogP contribution < -0.4 is 11.1 Å². The van der Waals surface area contributed by atoms with E-state index in [0.717, 1.165) is 41.5 Å². The molecule has 1 heterocycles. The van der Waals surface area contributed by atoms with Crippen molar-refractivity contribution >= 4 is 22.7 Å². The third kappa shape index (κ3) is 3.82.